The zero-order valence-corrected chi connectivity index (χ0v) is 13.1. The predicted molar refractivity (Wildman–Crippen MR) is 81.6 cm³/mol. The predicted octanol–water partition coefficient (Wildman–Crippen LogP) is 0.352. The summed E-state index contributed by atoms with van der Waals surface area (Å²) in [6, 6.07) is 0.823. The Morgan fingerprint density at radius 2 is 1.95 bits per heavy atom. The SMILES string of the molecule is CN(C)C1CCN(C(CN)CC(=O)N2CCCCC2)C1. The molecule has 2 fully saturated rings. The smallest absolute Gasteiger partial charge is 0.224 e. The molecule has 0 aromatic heterocycles. The Kier molecular flexibility index (Phi) is 5.81. The van der Waals surface area contributed by atoms with E-state index in [0.717, 1.165) is 39.0 Å². The van der Waals surface area contributed by atoms with Gasteiger partial charge in [-0.3, -0.25) is 9.69 Å². The Balaban J connectivity index is 1.84. The summed E-state index contributed by atoms with van der Waals surface area (Å²) in [4.78, 5) is 19.1. The molecule has 2 saturated heterocycles. The van der Waals surface area contributed by atoms with Crippen LogP contribution in [0, 0.1) is 0 Å². The third-order valence-electron chi connectivity index (χ3n) is 4.83. The van der Waals surface area contributed by atoms with Gasteiger partial charge in [0.1, 0.15) is 0 Å². The van der Waals surface area contributed by atoms with Crippen molar-refractivity contribution in [3.8, 4) is 0 Å². The van der Waals surface area contributed by atoms with Crippen LogP contribution in [-0.4, -0.2) is 79.5 Å². The molecule has 2 unspecified atom stereocenters. The van der Waals surface area contributed by atoms with Crippen molar-refractivity contribution in [2.75, 3.05) is 46.8 Å². The minimum absolute atomic E-state index is 0.217. The minimum atomic E-state index is 0.217. The van der Waals surface area contributed by atoms with E-state index in [4.69, 9.17) is 5.73 Å². The van der Waals surface area contributed by atoms with E-state index in [1.165, 1.54) is 12.8 Å². The maximum atomic E-state index is 12.4. The number of carbonyl (C=O) groups excluding carboxylic acids is 1. The van der Waals surface area contributed by atoms with Gasteiger partial charge in [0.25, 0.3) is 0 Å². The summed E-state index contributed by atoms with van der Waals surface area (Å²) in [6.45, 7) is 4.58. The summed E-state index contributed by atoms with van der Waals surface area (Å²) >= 11 is 0. The lowest BCUT2D eigenvalue weighted by atomic mass is 10.1. The van der Waals surface area contributed by atoms with Crippen LogP contribution in [0.15, 0.2) is 0 Å². The summed E-state index contributed by atoms with van der Waals surface area (Å²) in [6.07, 6.45) is 5.36. The van der Waals surface area contributed by atoms with Gasteiger partial charge in [-0.05, 0) is 39.8 Å². The Bertz CT molecular complexity index is 315. The molecule has 2 aliphatic rings. The Hall–Kier alpha value is -0.650. The number of carbonyl (C=O) groups is 1. The molecule has 20 heavy (non-hydrogen) atoms. The third-order valence-corrected chi connectivity index (χ3v) is 4.83. The van der Waals surface area contributed by atoms with E-state index in [1.54, 1.807) is 0 Å². The molecule has 0 spiro atoms. The van der Waals surface area contributed by atoms with Gasteiger partial charge in [-0.25, -0.2) is 0 Å². The number of likely N-dealkylation sites (tertiary alicyclic amines) is 2. The van der Waals surface area contributed by atoms with Crippen LogP contribution in [0.5, 0.6) is 0 Å². The number of amides is 1. The van der Waals surface area contributed by atoms with Gasteiger partial charge in [0, 0.05) is 51.2 Å². The zero-order chi connectivity index (χ0) is 14.5. The van der Waals surface area contributed by atoms with E-state index < -0.39 is 0 Å². The fourth-order valence-electron chi connectivity index (χ4n) is 3.36. The first kappa shape index (κ1) is 15.7. The van der Waals surface area contributed by atoms with Crippen LogP contribution in [0.1, 0.15) is 32.1 Å². The molecule has 1 amide bonds. The number of nitrogens with two attached hydrogens (primary N) is 1. The Morgan fingerprint density at radius 3 is 2.50 bits per heavy atom. The summed E-state index contributed by atoms with van der Waals surface area (Å²) < 4.78 is 0. The largest absolute Gasteiger partial charge is 0.343 e. The molecule has 5 nitrogen and oxygen atoms in total. The molecule has 5 heteroatoms. The molecule has 2 N–H and O–H groups in total. The molecule has 0 radical (unpaired) electrons. The van der Waals surface area contributed by atoms with Crippen LogP contribution in [0.25, 0.3) is 0 Å². The summed E-state index contributed by atoms with van der Waals surface area (Å²) in [5.74, 6) is 0.299. The van der Waals surface area contributed by atoms with Crippen molar-refractivity contribution in [2.45, 2.75) is 44.2 Å². The molecule has 0 bridgehead atoms. The van der Waals surface area contributed by atoms with Crippen LogP contribution in [-0.2, 0) is 4.79 Å². The average molecular weight is 282 g/mol. The van der Waals surface area contributed by atoms with Gasteiger partial charge < -0.3 is 15.5 Å². The number of rotatable bonds is 5. The van der Waals surface area contributed by atoms with Crippen LogP contribution < -0.4 is 5.73 Å². The van der Waals surface area contributed by atoms with Crippen molar-refractivity contribution in [3.63, 3.8) is 0 Å². The van der Waals surface area contributed by atoms with Crippen molar-refractivity contribution in [1.82, 2.24) is 14.7 Å². The van der Waals surface area contributed by atoms with Gasteiger partial charge in [0.05, 0.1) is 0 Å². The topological polar surface area (TPSA) is 52.8 Å². The first-order valence-electron chi connectivity index (χ1n) is 8.00. The third kappa shape index (κ3) is 3.93. The average Bonchev–Trinajstić information content (AvgIpc) is 2.95. The van der Waals surface area contributed by atoms with Crippen molar-refractivity contribution < 1.29 is 4.79 Å². The van der Waals surface area contributed by atoms with Crippen LogP contribution in [0.2, 0.25) is 0 Å². The molecule has 2 rings (SSSR count). The molecular formula is C15H30N4O. The number of nitrogens with zero attached hydrogens (tertiary/aromatic N) is 3. The second-order valence-electron chi connectivity index (χ2n) is 6.44. The number of hydrogen-bond acceptors (Lipinski definition) is 4. The summed E-state index contributed by atoms with van der Waals surface area (Å²) in [5, 5.41) is 0. The monoisotopic (exact) mass is 282 g/mol. The number of hydrogen-bond donors (Lipinski definition) is 1. The fourth-order valence-corrected chi connectivity index (χ4v) is 3.36. The second kappa shape index (κ2) is 7.38. The van der Waals surface area contributed by atoms with Gasteiger partial charge in [-0.2, -0.15) is 0 Å². The summed E-state index contributed by atoms with van der Waals surface area (Å²) in [5.41, 5.74) is 5.93. The van der Waals surface area contributed by atoms with Gasteiger partial charge >= 0.3 is 0 Å². The first-order chi connectivity index (χ1) is 9.61. The molecule has 2 heterocycles. The molecule has 0 aromatic rings. The van der Waals surface area contributed by atoms with E-state index in [2.05, 4.69) is 23.9 Å². The highest BCUT2D eigenvalue weighted by atomic mass is 16.2. The van der Waals surface area contributed by atoms with Gasteiger partial charge in [-0.15, -0.1) is 0 Å². The van der Waals surface area contributed by atoms with Gasteiger partial charge in [0.2, 0.25) is 5.91 Å². The molecule has 0 aliphatic carbocycles. The van der Waals surface area contributed by atoms with E-state index in [9.17, 15) is 4.79 Å². The fraction of sp³-hybridized carbons (Fsp3) is 0.933. The van der Waals surface area contributed by atoms with Crippen LogP contribution >= 0.6 is 0 Å². The van der Waals surface area contributed by atoms with Crippen molar-refractivity contribution in [3.05, 3.63) is 0 Å². The minimum Gasteiger partial charge on any atom is -0.343 e. The maximum absolute atomic E-state index is 12.4. The molecule has 2 aliphatic heterocycles. The van der Waals surface area contributed by atoms with Crippen molar-refractivity contribution in [1.29, 1.82) is 0 Å². The van der Waals surface area contributed by atoms with E-state index in [0.29, 0.717) is 24.9 Å². The number of piperidine rings is 1. The highest BCUT2D eigenvalue weighted by Crippen LogP contribution is 2.19. The second-order valence-corrected chi connectivity index (χ2v) is 6.44. The Labute approximate surface area is 123 Å². The van der Waals surface area contributed by atoms with E-state index in [1.807, 2.05) is 4.90 Å². The Morgan fingerprint density at radius 1 is 1.25 bits per heavy atom. The van der Waals surface area contributed by atoms with Gasteiger partial charge in [-0.1, -0.05) is 0 Å². The lowest BCUT2D eigenvalue weighted by Gasteiger charge is -2.31. The maximum Gasteiger partial charge on any atom is 0.224 e. The summed E-state index contributed by atoms with van der Waals surface area (Å²) in [7, 11) is 4.26. The molecule has 0 aromatic carbocycles. The normalized spacial score (nSPS) is 26.2. The van der Waals surface area contributed by atoms with Gasteiger partial charge in [0.15, 0.2) is 0 Å². The zero-order valence-electron chi connectivity index (χ0n) is 13.1. The molecule has 0 saturated carbocycles. The molecule has 116 valence electrons. The van der Waals surface area contributed by atoms with Crippen LogP contribution in [0.3, 0.4) is 0 Å². The lowest BCUT2D eigenvalue weighted by molar-refractivity contribution is -0.133. The van der Waals surface area contributed by atoms with E-state index in [-0.39, 0.29) is 6.04 Å². The highest BCUT2D eigenvalue weighted by molar-refractivity contribution is 5.77. The molecular weight excluding hydrogens is 252 g/mol. The van der Waals surface area contributed by atoms with Crippen molar-refractivity contribution in [2.24, 2.45) is 5.73 Å². The highest BCUT2D eigenvalue weighted by Gasteiger charge is 2.30. The number of likely N-dealkylation sites (N-methyl/N-ethyl adjacent to an activating group) is 1. The quantitative estimate of drug-likeness (QED) is 0.791. The lowest BCUT2D eigenvalue weighted by Crippen LogP contribution is -2.45. The first-order valence-corrected chi connectivity index (χ1v) is 8.00. The van der Waals surface area contributed by atoms with Crippen molar-refractivity contribution >= 4 is 5.91 Å². The van der Waals surface area contributed by atoms with Crippen LogP contribution in [0.4, 0.5) is 0 Å². The standard InChI is InChI=1S/C15H30N4O/c1-17(2)13-6-9-19(12-13)14(11-16)10-15(20)18-7-4-3-5-8-18/h13-14H,3-12,16H2,1-2H3. The van der Waals surface area contributed by atoms with E-state index >= 15 is 0 Å². The molecule has 2 atom stereocenters.